The largest absolute Gasteiger partial charge is 0.312 e. The summed E-state index contributed by atoms with van der Waals surface area (Å²) in [6.07, 6.45) is 6.22. The van der Waals surface area contributed by atoms with Crippen molar-refractivity contribution in [1.82, 2.24) is 25.0 Å². The summed E-state index contributed by atoms with van der Waals surface area (Å²) in [4.78, 5) is 6.77. The van der Waals surface area contributed by atoms with Gasteiger partial charge in [0.05, 0.1) is 5.69 Å². The number of hydrogen-bond acceptors (Lipinski definition) is 4. The summed E-state index contributed by atoms with van der Waals surface area (Å²) in [7, 11) is 2.22. The van der Waals surface area contributed by atoms with Crippen LogP contribution in [-0.4, -0.2) is 39.8 Å². The zero-order valence-electron chi connectivity index (χ0n) is 16.0. The zero-order valence-corrected chi connectivity index (χ0v) is 16.0. The number of nitrogens with one attached hydrogen (secondary N) is 1. The third kappa shape index (κ3) is 3.93. The molecule has 0 saturated carbocycles. The summed E-state index contributed by atoms with van der Waals surface area (Å²) in [6.45, 7) is 10.6. The van der Waals surface area contributed by atoms with E-state index in [1.54, 1.807) is 0 Å². The summed E-state index contributed by atoms with van der Waals surface area (Å²) >= 11 is 0. The van der Waals surface area contributed by atoms with Crippen molar-refractivity contribution in [2.45, 2.75) is 52.7 Å². The van der Waals surface area contributed by atoms with Crippen LogP contribution in [-0.2, 0) is 13.1 Å². The Balaban J connectivity index is 1.62. The van der Waals surface area contributed by atoms with Crippen LogP contribution in [0.5, 0.6) is 0 Å². The highest BCUT2D eigenvalue weighted by molar-refractivity contribution is 5.24. The topological polar surface area (TPSA) is 46.0 Å². The monoisotopic (exact) mass is 341 g/mol. The minimum atomic E-state index is 0.464. The van der Waals surface area contributed by atoms with E-state index in [0.29, 0.717) is 12.0 Å². The molecule has 5 nitrogen and oxygen atoms in total. The number of rotatable bonds is 7. The van der Waals surface area contributed by atoms with E-state index in [4.69, 9.17) is 0 Å². The van der Waals surface area contributed by atoms with Gasteiger partial charge in [0.25, 0.3) is 0 Å². The van der Waals surface area contributed by atoms with Gasteiger partial charge >= 0.3 is 0 Å². The van der Waals surface area contributed by atoms with Gasteiger partial charge in [0.2, 0.25) is 0 Å². The standard InChI is InChI=1S/C20H31N5/c1-5-10-25-16(3)19(15(2)23-25)14-22-13-18-8-11-24(4)20(18)17-7-6-9-21-12-17/h6-7,9,12,18,20,22H,5,8,10-11,13-14H2,1-4H3/t18-,20-/m0/s1. The fourth-order valence-electron chi connectivity index (χ4n) is 4.12. The second-order valence-electron chi connectivity index (χ2n) is 7.26. The number of hydrogen-bond donors (Lipinski definition) is 1. The Kier molecular flexibility index (Phi) is 5.86. The Morgan fingerprint density at radius 1 is 1.32 bits per heavy atom. The predicted octanol–water partition coefficient (Wildman–Crippen LogP) is 3.09. The highest BCUT2D eigenvalue weighted by Gasteiger charge is 2.32. The van der Waals surface area contributed by atoms with Crippen LogP contribution in [0.25, 0.3) is 0 Å². The highest BCUT2D eigenvalue weighted by atomic mass is 15.3. The molecule has 1 aliphatic rings. The first-order chi connectivity index (χ1) is 12.1. The number of aryl methyl sites for hydroxylation is 2. The first-order valence-electron chi connectivity index (χ1n) is 9.45. The lowest BCUT2D eigenvalue weighted by molar-refractivity contribution is 0.271. The van der Waals surface area contributed by atoms with Gasteiger partial charge in [0.1, 0.15) is 0 Å². The summed E-state index contributed by atoms with van der Waals surface area (Å²) in [5.41, 5.74) is 5.15. The molecule has 2 atom stereocenters. The van der Waals surface area contributed by atoms with Gasteiger partial charge in [-0.2, -0.15) is 5.10 Å². The van der Waals surface area contributed by atoms with E-state index in [2.05, 4.69) is 58.9 Å². The molecule has 1 N–H and O–H groups in total. The Hall–Kier alpha value is -1.72. The van der Waals surface area contributed by atoms with Crippen molar-refractivity contribution in [1.29, 1.82) is 0 Å². The van der Waals surface area contributed by atoms with Crippen molar-refractivity contribution in [3.8, 4) is 0 Å². The fraction of sp³-hybridized carbons (Fsp3) is 0.600. The van der Waals surface area contributed by atoms with Crippen LogP contribution in [0.15, 0.2) is 24.5 Å². The molecule has 136 valence electrons. The lowest BCUT2D eigenvalue weighted by Crippen LogP contribution is -2.28. The minimum absolute atomic E-state index is 0.464. The number of aromatic nitrogens is 3. The molecule has 2 aromatic rings. The minimum Gasteiger partial charge on any atom is -0.312 e. The van der Waals surface area contributed by atoms with Crippen molar-refractivity contribution < 1.29 is 0 Å². The zero-order chi connectivity index (χ0) is 17.8. The van der Waals surface area contributed by atoms with Gasteiger partial charge in [0, 0.05) is 49.3 Å². The van der Waals surface area contributed by atoms with Gasteiger partial charge in [-0.05, 0) is 57.8 Å². The van der Waals surface area contributed by atoms with Gasteiger partial charge in [-0.3, -0.25) is 14.6 Å². The molecule has 0 radical (unpaired) electrons. The predicted molar refractivity (Wildman–Crippen MR) is 101 cm³/mol. The molecule has 1 fully saturated rings. The molecule has 25 heavy (non-hydrogen) atoms. The summed E-state index contributed by atoms with van der Waals surface area (Å²) in [5, 5.41) is 8.39. The van der Waals surface area contributed by atoms with Crippen molar-refractivity contribution in [2.24, 2.45) is 5.92 Å². The maximum Gasteiger partial charge on any atom is 0.0641 e. The number of pyridine rings is 1. The summed E-state index contributed by atoms with van der Waals surface area (Å²) in [6, 6.07) is 4.71. The molecule has 1 saturated heterocycles. The van der Waals surface area contributed by atoms with Crippen LogP contribution in [0, 0.1) is 19.8 Å². The van der Waals surface area contributed by atoms with E-state index in [1.165, 1.54) is 23.2 Å². The van der Waals surface area contributed by atoms with Crippen molar-refractivity contribution in [3.63, 3.8) is 0 Å². The molecular weight excluding hydrogens is 310 g/mol. The maximum atomic E-state index is 4.69. The average molecular weight is 342 g/mol. The van der Waals surface area contributed by atoms with Gasteiger partial charge in [-0.1, -0.05) is 13.0 Å². The molecule has 0 bridgehead atoms. The van der Waals surface area contributed by atoms with Crippen LogP contribution < -0.4 is 5.32 Å². The third-order valence-electron chi connectivity index (χ3n) is 5.47. The van der Waals surface area contributed by atoms with E-state index in [1.807, 2.05) is 18.5 Å². The molecule has 0 aromatic carbocycles. The molecule has 3 heterocycles. The maximum absolute atomic E-state index is 4.69. The fourth-order valence-corrected chi connectivity index (χ4v) is 4.12. The Morgan fingerprint density at radius 2 is 2.16 bits per heavy atom. The van der Waals surface area contributed by atoms with Crippen molar-refractivity contribution >= 4 is 0 Å². The van der Waals surface area contributed by atoms with Crippen molar-refractivity contribution in [3.05, 3.63) is 47.0 Å². The lowest BCUT2D eigenvalue weighted by Gasteiger charge is -2.25. The first kappa shape index (κ1) is 18.1. The van der Waals surface area contributed by atoms with Crippen LogP contribution in [0.3, 0.4) is 0 Å². The van der Waals surface area contributed by atoms with E-state index < -0.39 is 0 Å². The highest BCUT2D eigenvalue weighted by Crippen LogP contribution is 2.35. The summed E-state index contributed by atoms with van der Waals surface area (Å²) < 4.78 is 2.15. The van der Waals surface area contributed by atoms with Gasteiger partial charge < -0.3 is 5.32 Å². The van der Waals surface area contributed by atoms with Crippen LogP contribution in [0.4, 0.5) is 0 Å². The van der Waals surface area contributed by atoms with E-state index >= 15 is 0 Å². The second kappa shape index (κ2) is 8.11. The normalized spacial score (nSPS) is 21.1. The van der Waals surface area contributed by atoms with Crippen LogP contribution in [0.1, 0.15) is 48.3 Å². The number of likely N-dealkylation sites (tertiary alicyclic amines) is 1. The molecular formula is C20H31N5. The lowest BCUT2D eigenvalue weighted by atomic mass is 9.94. The summed E-state index contributed by atoms with van der Waals surface area (Å²) in [5.74, 6) is 0.625. The Bertz CT molecular complexity index is 679. The van der Waals surface area contributed by atoms with Gasteiger partial charge in [-0.15, -0.1) is 0 Å². The van der Waals surface area contributed by atoms with Gasteiger partial charge in [0.15, 0.2) is 0 Å². The molecule has 3 rings (SSSR count). The van der Waals surface area contributed by atoms with E-state index in [-0.39, 0.29) is 0 Å². The SMILES string of the molecule is CCCn1nc(C)c(CNC[C@@H]2CCN(C)[C@H]2c2cccnc2)c1C. The first-order valence-corrected chi connectivity index (χ1v) is 9.45. The molecule has 0 spiro atoms. The quantitative estimate of drug-likeness (QED) is 0.841. The van der Waals surface area contributed by atoms with Crippen LogP contribution in [0.2, 0.25) is 0 Å². The molecule has 0 unspecified atom stereocenters. The van der Waals surface area contributed by atoms with E-state index in [0.717, 1.165) is 38.3 Å². The smallest absolute Gasteiger partial charge is 0.0641 e. The van der Waals surface area contributed by atoms with Crippen LogP contribution >= 0.6 is 0 Å². The molecule has 0 amide bonds. The van der Waals surface area contributed by atoms with E-state index in [9.17, 15) is 0 Å². The molecule has 2 aromatic heterocycles. The number of nitrogens with zero attached hydrogens (tertiary/aromatic N) is 4. The van der Waals surface area contributed by atoms with Gasteiger partial charge in [-0.25, -0.2) is 0 Å². The Labute approximate surface area is 151 Å². The molecule has 1 aliphatic heterocycles. The average Bonchev–Trinajstić information content (AvgIpc) is 3.10. The molecule has 0 aliphatic carbocycles. The second-order valence-corrected chi connectivity index (χ2v) is 7.26. The third-order valence-corrected chi connectivity index (χ3v) is 5.47. The van der Waals surface area contributed by atoms with Crippen molar-refractivity contribution in [2.75, 3.05) is 20.1 Å². The molecule has 5 heteroatoms. The Morgan fingerprint density at radius 3 is 2.88 bits per heavy atom.